The highest BCUT2D eigenvalue weighted by Crippen LogP contribution is 2.47. The molecule has 2 aliphatic rings. The zero-order valence-electron chi connectivity index (χ0n) is 48.0. The second-order valence-corrected chi connectivity index (χ2v) is 23.7. The maximum absolute atomic E-state index is 13.7. The van der Waals surface area contributed by atoms with Crippen LogP contribution in [0, 0.1) is 30.1 Å². The van der Waals surface area contributed by atoms with Gasteiger partial charge in [-0.05, 0) is 59.4 Å². The zero-order valence-corrected chi connectivity index (χ0v) is 49.9. The maximum atomic E-state index is 13.7. The van der Waals surface area contributed by atoms with Gasteiger partial charge in [0.15, 0.2) is 28.6 Å². The maximum Gasteiger partial charge on any atom is 0.407 e. The first-order chi connectivity index (χ1) is 41.7. The highest BCUT2D eigenvalue weighted by atomic mass is 31.1. The number of aromatic nitrogens is 8. The summed E-state index contributed by atoms with van der Waals surface area (Å²) in [6.07, 6.45) is -4.00. The Morgan fingerprint density at radius 2 is 1.40 bits per heavy atom. The van der Waals surface area contributed by atoms with Gasteiger partial charge < -0.3 is 62.7 Å². The van der Waals surface area contributed by atoms with Crippen molar-refractivity contribution in [3.8, 4) is 17.6 Å². The average molecular weight is 1220 g/mol. The normalized spacial score (nSPS) is 21.1. The number of H-pyrrole nitrogens is 2. The minimum Gasteiger partial charge on any atom is -0.497 e. The van der Waals surface area contributed by atoms with Crippen molar-refractivity contribution in [1.82, 2.24) is 44.4 Å². The molecule has 4 aromatic carbocycles. The Morgan fingerprint density at radius 1 is 0.814 bits per heavy atom. The summed E-state index contributed by atoms with van der Waals surface area (Å²) in [6.45, 7) is 7.63. The number of rotatable bonds is 26. The Bertz CT molecular complexity index is 3720. The van der Waals surface area contributed by atoms with Crippen molar-refractivity contribution in [1.29, 1.82) is 5.26 Å². The highest BCUT2D eigenvalue weighted by Gasteiger charge is 2.51. The fourth-order valence-electron chi connectivity index (χ4n) is 10.7. The molecule has 86 heavy (non-hydrogen) atoms. The van der Waals surface area contributed by atoms with Crippen LogP contribution in [0.15, 0.2) is 131 Å². The Labute approximate surface area is 496 Å². The topological polar surface area (TPSA) is 312 Å². The number of aryl methyl sites for hydroxylation is 1. The van der Waals surface area contributed by atoms with Gasteiger partial charge in [-0.3, -0.25) is 28.3 Å². The number of carbonyl (C=O) groups excluding carboxylic acids is 1. The van der Waals surface area contributed by atoms with Crippen molar-refractivity contribution in [2.75, 3.05) is 51.8 Å². The number of nitrogens with one attached hydrogen (secondary N) is 4. The summed E-state index contributed by atoms with van der Waals surface area (Å²) >= 11 is 0. The lowest BCUT2D eigenvalue weighted by molar-refractivity contribution is -0.0998. The van der Waals surface area contributed by atoms with Gasteiger partial charge in [0.1, 0.15) is 60.1 Å². The molecule has 452 valence electrons. The number of benzene rings is 4. The van der Waals surface area contributed by atoms with Gasteiger partial charge in [-0.25, -0.2) is 19.7 Å². The molecule has 25 nitrogen and oxygen atoms in total. The van der Waals surface area contributed by atoms with E-state index < -0.39 is 88.0 Å². The van der Waals surface area contributed by atoms with Crippen LogP contribution in [0.3, 0.4) is 0 Å². The third-order valence-electron chi connectivity index (χ3n) is 14.9. The largest absolute Gasteiger partial charge is 0.497 e. The number of fused-ring (bicyclic) bond motifs is 2. The molecule has 4 aromatic heterocycles. The first kappa shape index (κ1) is 61.2. The van der Waals surface area contributed by atoms with E-state index in [9.17, 15) is 29.1 Å². The number of imidazole rings is 2. The number of hydrogen-bond acceptors (Lipinski definition) is 19. The smallest absolute Gasteiger partial charge is 0.407 e. The standard InChI is InChI=1S/C59H67N11O14P2/c1-35(2)28-61-57-67-52-48(54(72)68-57)63-33-70(52)56-46(66-58(73)78-29-38-14-9-7-10-15-38)50(84-86(74)75)45(83-56)31-81-85(27-13-26-60)34-79-49-36(3)55(69-32-62-47-51(69)64-37(4)65-53(47)71)82-44(49)30-80-59(39-16-11-8-12-17-39,40-18-22-42(76-5)23-19-40)41-20-24-43(77-6)25-21-41/h7-12,14-25,32-33,35-36,44-46,49-50,55-56,86H,13,27-31,34H2,1-6H3,(H,66,73)(H,74,75)(H,64,65,71)(H2,61,67,68,72)/t36-,44-,45-,46-,49?,50-,55-,56?,85?/m1/s1. The number of carbonyl (C=O) groups is 1. The van der Waals surface area contributed by atoms with E-state index in [1.165, 1.54) is 17.2 Å². The van der Waals surface area contributed by atoms with Gasteiger partial charge in [-0.2, -0.15) is 10.2 Å². The number of nitrogens with zero attached hydrogens (tertiary/aromatic N) is 7. The van der Waals surface area contributed by atoms with E-state index >= 15 is 0 Å². The number of nitriles is 1. The van der Waals surface area contributed by atoms with Crippen LogP contribution in [0.4, 0.5) is 10.7 Å². The Balaban J connectivity index is 0.966. The van der Waals surface area contributed by atoms with Crippen LogP contribution in [-0.4, -0.2) is 127 Å². The summed E-state index contributed by atoms with van der Waals surface area (Å²) in [4.78, 5) is 74.3. The van der Waals surface area contributed by atoms with E-state index in [2.05, 4.69) is 46.6 Å². The molecular formula is C59H67N11O14P2. The average Bonchev–Trinajstić information content (AvgIpc) is 1.42. The molecule has 2 aliphatic heterocycles. The van der Waals surface area contributed by atoms with Gasteiger partial charge >= 0.3 is 14.3 Å². The number of aromatic amines is 2. The van der Waals surface area contributed by atoms with Gasteiger partial charge in [0.2, 0.25) is 5.95 Å². The van der Waals surface area contributed by atoms with Crippen molar-refractivity contribution in [2.24, 2.45) is 11.8 Å². The Kier molecular flexibility index (Phi) is 19.7. The minimum absolute atomic E-state index is 0.0382. The molecular weight excluding hydrogens is 1150 g/mol. The third kappa shape index (κ3) is 13.5. The van der Waals surface area contributed by atoms with Gasteiger partial charge in [0, 0.05) is 25.0 Å². The molecule has 4 unspecified atom stereocenters. The summed E-state index contributed by atoms with van der Waals surface area (Å²) < 4.78 is 73.3. The van der Waals surface area contributed by atoms with Crippen molar-refractivity contribution in [2.45, 2.75) is 89.2 Å². The molecule has 0 saturated carbocycles. The number of methoxy groups -OCH3 is 2. The van der Waals surface area contributed by atoms with Crippen LogP contribution in [0.25, 0.3) is 22.3 Å². The number of alkyl carbamates (subject to hydrolysis) is 1. The lowest BCUT2D eigenvalue weighted by Gasteiger charge is -2.37. The number of anilines is 1. The predicted molar refractivity (Wildman–Crippen MR) is 317 cm³/mol. The van der Waals surface area contributed by atoms with E-state index in [-0.39, 0.29) is 67.3 Å². The van der Waals surface area contributed by atoms with Gasteiger partial charge in [-0.15, -0.1) is 0 Å². The number of hydrogen-bond donors (Lipinski definition) is 5. The summed E-state index contributed by atoms with van der Waals surface area (Å²) in [5, 5.41) is 15.9. The first-order valence-electron chi connectivity index (χ1n) is 27.8. The molecule has 0 bridgehead atoms. The molecule has 0 aliphatic carbocycles. The number of ether oxygens (including phenoxy) is 7. The van der Waals surface area contributed by atoms with Crippen LogP contribution < -0.4 is 31.2 Å². The van der Waals surface area contributed by atoms with E-state index in [0.29, 0.717) is 35.1 Å². The molecule has 0 radical (unpaired) electrons. The van der Waals surface area contributed by atoms with Gasteiger partial charge in [0.05, 0.1) is 66.8 Å². The van der Waals surface area contributed by atoms with E-state index in [0.717, 1.165) is 16.7 Å². The fraction of sp³-hybridized carbons (Fsp3) is 0.390. The minimum atomic E-state index is -3.75. The van der Waals surface area contributed by atoms with Crippen molar-refractivity contribution in [3.63, 3.8) is 0 Å². The molecule has 2 saturated heterocycles. The molecule has 1 amide bonds. The van der Waals surface area contributed by atoms with Crippen molar-refractivity contribution in [3.05, 3.63) is 171 Å². The lowest BCUT2D eigenvalue weighted by atomic mass is 9.80. The summed E-state index contributed by atoms with van der Waals surface area (Å²) in [6, 6.07) is 35.0. The van der Waals surface area contributed by atoms with Crippen LogP contribution >= 0.6 is 16.4 Å². The van der Waals surface area contributed by atoms with E-state index in [4.69, 9.17) is 42.2 Å². The van der Waals surface area contributed by atoms with E-state index in [1.54, 1.807) is 50.0 Å². The SMILES string of the molecule is COc1ccc(C(OC[C@H]2O[C@@H](n3cnc4c(=O)[nH]c(C)nc43)[C@H](C)C2OCP(CCC#N)OC[C@H]2OC(n3cnc4c(=O)[nH]c(NCC(C)C)nc43)[C@H](NC(=O)OCc3ccccc3)[C@@H]2O[PH](=O)O)(c2ccccc2)c2ccc(OC)cc2)cc1. The molecule has 10 atom stereocenters. The lowest BCUT2D eigenvalue weighted by Crippen LogP contribution is -2.47. The van der Waals surface area contributed by atoms with Crippen LogP contribution in [0.5, 0.6) is 11.5 Å². The molecule has 2 fully saturated rings. The van der Waals surface area contributed by atoms with Crippen molar-refractivity contribution >= 4 is 50.8 Å². The first-order valence-corrected chi connectivity index (χ1v) is 30.7. The van der Waals surface area contributed by atoms with Crippen LogP contribution in [-0.2, 0) is 49.5 Å². The van der Waals surface area contributed by atoms with Gasteiger partial charge in [0.25, 0.3) is 11.1 Å². The second-order valence-electron chi connectivity index (χ2n) is 21.0. The predicted octanol–water partition coefficient (Wildman–Crippen LogP) is 7.82. The number of amides is 1. The fourth-order valence-corrected chi connectivity index (χ4v) is 12.6. The van der Waals surface area contributed by atoms with Crippen molar-refractivity contribution < 1.29 is 56.5 Å². The molecule has 10 rings (SSSR count). The Hall–Kier alpha value is -7.88. The summed E-state index contributed by atoms with van der Waals surface area (Å²) in [5.74, 6) is 1.56. The summed E-state index contributed by atoms with van der Waals surface area (Å²) in [5.41, 5.74) is 1.34. The highest BCUT2D eigenvalue weighted by molar-refractivity contribution is 7.52. The molecule has 5 N–H and O–H groups in total. The van der Waals surface area contributed by atoms with Crippen LogP contribution in [0.1, 0.15) is 67.7 Å². The molecule has 8 aromatic rings. The third-order valence-corrected chi connectivity index (χ3v) is 17.0. The van der Waals surface area contributed by atoms with Gasteiger partial charge in [-0.1, -0.05) is 106 Å². The zero-order chi connectivity index (χ0) is 60.5. The van der Waals surface area contributed by atoms with Crippen LogP contribution in [0.2, 0.25) is 0 Å². The second kappa shape index (κ2) is 27.7. The molecule has 27 heteroatoms. The van der Waals surface area contributed by atoms with E-state index in [1.807, 2.05) is 106 Å². The summed E-state index contributed by atoms with van der Waals surface area (Å²) in [7, 11) is -2.25. The molecule has 6 heterocycles. The molecule has 0 spiro atoms. The Morgan fingerprint density at radius 3 is 2.01 bits per heavy atom. The monoisotopic (exact) mass is 1220 g/mol. The quantitative estimate of drug-likeness (QED) is 0.0255.